The van der Waals surface area contributed by atoms with Crippen LogP contribution in [0.25, 0.3) is 0 Å². The third-order valence-corrected chi connectivity index (χ3v) is 1.66. The van der Waals surface area contributed by atoms with Crippen LogP contribution in [0.5, 0.6) is 0 Å². The normalized spacial score (nSPS) is 11.9. The van der Waals surface area contributed by atoms with E-state index < -0.39 is 4.92 Å². The van der Waals surface area contributed by atoms with Crippen LogP contribution in [0.15, 0.2) is 34.6 Å². The summed E-state index contributed by atoms with van der Waals surface area (Å²) < 4.78 is 0. The molecular weight excluding hydrogens is 202 g/mol. The average Bonchev–Trinajstić information content (AvgIpc) is 2.26. The van der Waals surface area contributed by atoms with Crippen molar-refractivity contribution in [2.75, 3.05) is 0 Å². The minimum atomic E-state index is -0.619. The van der Waals surface area contributed by atoms with E-state index >= 15 is 0 Å². The quantitative estimate of drug-likeness (QED) is 0.337. The largest absolute Gasteiger partial charge is 0.411 e. The Morgan fingerprint density at radius 2 is 2.07 bits per heavy atom. The third kappa shape index (κ3) is 2.27. The number of benzene rings is 1. The van der Waals surface area contributed by atoms with Gasteiger partial charge in [-0.3, -0.25) is 10.1 Å². The molecule has 1 aromatic carbocycles. The Hall–Kier alpha value is -2.44. The maximum atomic E-state index is 10.6. The van der Waals surface area contributed by atoms with E-state index in [2.05, 4.69) is 10.3 Å². The summed E-state index contributed by atoms with van der Waals surface area (Å²) in [5.41, 5.74) is -0.349. The van der Waals surface area contributed by atoms with Gasteiger partial charge in [-0.25, -0.2) is 0 Å². The first-order valence-corrected chi connectivity index (χ1v) is 3.84. The molecule has 0 saturated carbocycles. The summed E-state index contributed by atoms with van der Waals surface area (Å²) in [6.07, 6.45) is 0.808. The number of nitro groups is 1. The second kappa shape index (κ2) is 4.70. The van der Waals surface area contributed by atoms with Crippen LogP contribution < -0.4 is 0 Å². The molecule has 15 heavy (non-hydrogen) atoms. The molecule has 0 saturated heterocycles. The Bertz CT molecular complexity index is 428. The van der Waals surface area contributed by atoms with E-state index in [9.17, 15) is 10.1 Å². The molecule has 0 aliphatic rings. The van der Waals surface area contributed by atoms with Crippen LogP contribution in [0.2, 0.25) is 0 Å². The van der Waals surface area contributed by atoms with E-state index in [1.807, 2.05) is 0 Å². The Labute approximate surface area is 84.1 Å². The number of hydrogen-bond acceptors (Lipinski definition) is 6. The zero-order valence-electron chi connectivity index (χ0n) is 7.44. The molecule has 0 spiro atoms. The molecule has 0 aliphatic carbocycles. The van der Waals surface area contributed by atoms with Gasteiger partial charge >= 0.3 is 0 Å². The molecule has 0 aromatic heterocycles. The minimum Gasteiger partial charge on any atom is -0.411 e. The summed E-state index contributed by atoms with van der Waals surface area (Å²) in [5, 5.41) is 32.9. The zero-order chi connectivity index (χ0) is 11.3. The Kier molecular flexibility index (Phi) is 3.33. The van der Waals surface area contributed by atoms with Gasteiger partial charge in [-0.2, -0.15) is 0 Å². The lowest BCUT2D eigenvalue weighted by atomic mass is 10.1. The molecule has 1 aromatic rings. The Morgan fingerprint density at radius 3 is 2.60 bits per heavy atom. The van der Waals surface area contributed by atoms with Crippen molar-refractivity contribution in [1.29, 1.82) is 0 Å². The highest BCUT2D eigenvalue weighted by molar-refractivity contribution is 6.38. The smallest absolute Gasteiger partial charge is 0.278 e. The van der Waals surface area contributed by atoms with E-state index in [0.29, 0.717) is 0 Å². The van der Waals surface area contributed by atoms with Crippen molar-refractivity contribution in [3.05, 3.63) is 39.9 Å². The monoisotopic (exact) mass is 209 g/mol. The van der Waals surface area contributed by atoms with Crippen LogP contribution in [-0.4, -0.2) is 27.3 Å². The van der Waals surface area contributed by atoms with E-state index in [1.54, 1.807) is 6.07 Å². The zero-order valence-corrected chi connectivity index (χ0v) is 7.44. The number of hydrogen-bond donors (Lipinski definition) is 2. The van der Waals surface area contributed by atoms with Gasteiger partial charge in [0.2, 0.25) is 0 Å². The van der Waals surface area contributed by atoms with Gasteiger partial charge in [0.05, 0.1) is 16.7 Å². The lowest BCUT2D eigenvalue weighted by Crippen LogP contribution is -2.06. The van der Waals surface area contributed by atoms with Gasteiger partial charge in [0.1, 0.15) is 5.71 Å². The van der Waals surface area contributed by atoms with E-state index in [-0.39, 0.29) is 17.0 Å². The van der Waals surface area contributed by atoms with Gasteiger partial charge in [0, 0.05) is 6.07 Å². The Morgan fingerprint density at radius 1 is 1.40 bits per heavy atom. The number of nitrogens with zero attached hydrogens (tertiary/aromatic N) is 3. The van der Waals surface area contributed by atoms with E-state index in [0.717, 1.165) is 6.21 Å². The summed E-state index contributed by atoms with van der Waals surface area (Å²) >= 11 is 0. The molecule has 0 aliphatic heterocycles. The average molecular weight is 209 g/mol. The number of nitro benzene ring substituents is 1. The van der Waals surface area contributed by atoms with Crippen molar-refractivity contribution in [1.82, 2.24) is 0 Å². The second-order valence-electron chi connectivity index (χ2n) is 2.50. The molecule has 0 fully saturated rings. The third-order valence-electron chi connectivity index (χ3n) is 1.66. The van der Waals surface area contributed by atoms with Gasteiger partial charge in [-0.1, -0.05) is 22.4 Å². The summed E-state index contributed by atoms with van der Waals surface area (Å²) in [6, 6.07) is 5.66. The van der Waals surface area contributed by atoms with Crippen LogP contribution in [0.1, 0.15) is 5.56 Å². The lowest BCUT2D eigenvalue weighted by Gasteiger charge is -1.99. The first-order chi connectivity index (χ1) is 7.20. The van der Waals surface area contributed by atoms with E-state index in [4.69, 9.17) is 10.4 Å². The van der Waals surface area contributed by atoms with Crippen molar-refractivity contribution in [2.24, 2.45) is 10.3 Å². The molecule has 78 valence electrons. The molecule has 0 atom stereocenters. The molecule has 1 rings (SSSR count). The molecule has 0 bridgehead atoms. The number of para-hydroxylation sites is 1. The standard InChI is InChI=1S/C8H7N3O4/c12-9-5-7(10-13)6-3-1-2-4-8(6)11(14)15/h1-5,12-13H. The fourth-order valence-electron chi connectivity index (χ4n) is 1.05. The Balaban J connectivity index is 3.29. The van der Waals surface area contributed by atoms with Crippen LogP contribution >= 0.6 is 0 Å². The summed E-state index contributed by atoms with van der Waals surface area (Å²) in [7, 11) is 0. The second-order valence-corrected chi connectivity index (χ2v) is 2.50. The van der Waals surface area contributed by atoms with Crippen LogP contribution in [-0.2, 0) is 0 Å². The number of oxime groups is 2. The maximum Gasteiger partial charge on any atom is 0.278 e. The molecule has 0 heterocycles. The summed E-state index contributed by atoms with van der Waals surface area (Å²) in [6.45, 7) is 0. The van der Waals surface area contributed by atoms with Crippen LogP contribution in [0.3, 0.4) is 0 Å². The van der Waals surface area contributed by atoms with Crippen molar-refractivity contribution in [3.63, 3.8) is 0 Å². The van der Waals surface area contributed by atoms with Crippen molar-refractivity contribution in [2.45, 2.75) is 0 Å². The molecule has 0 radical (unpaired) electrons. The van der Waals surface area contributed by atoms with Crippen LogP contribution in [0.4, 0.5) is 5.69 Å². The van der Waals surface area contributed by atoms with Gasteiger partial charge in [-0.05, 0) is 6.07 Å². The topological polar surface area (TPSA) is 108 Å². The molecule has 0 unspecified atom stereocenters. The number of rotatable bonds is 3. The summed E-state index contributed by atoms with van der Waals surface area (Å²) in [4.78, 5) is 9.99. The van der Waals surface area contributed by atoms with Crippen LogP contribution in [0, 0.1) is 10.1 Å². The SMILES string of the molecule is O=[N+]([O-])c1ccccc1C(C=NO)=NO. The summed E-state index contributed by atoms with van der Waals surface area (Å²) in [5.74, 6) is 0. The first kappa shape index (κ1) is 10.6. The molecule has 2 N–H and O–H groups in total. The van der Waals surface area contributed by atoms with Gasteiger partial charge in [-0.15, -0.1) is 0 Å². The molecule has 7 nitrogen and oxygen atoms in total. The van der Waals surface area contributed by atoms with Crippen molar-refractivity contribution >= 4 is 17.6 Å². The molecule has 7 heteroatoms. The van der Waals surface area contributed by atoms with Crippen molar-refractivity contribution in [3.8, 4) is 0 Å². The predicted octanol–water partition coefficient (Wildman–Crippen LogP) is 1.23. The van der Waals surface area contributed by atoms with Gasteiger partial charge in [0.15, 0.2) is 0 Å². The fraction of sp³-hybridized carbons (Fsp3) is 0. The van der Waals surface area contributed by atoms with Gasteiger partial charge < -0.3 is 10.4 Å². The highest BCUT2D eigenvalue weighted by Crippen LogP contribution is 2.17. The minimum absolute atomic E-state index is 0.0720. The lowest BCUT2D eigenvalue weighted by molar-refractivity contribution is -0.385. The molecule has 0 amide bonds. The predicted molar refractivity (Wildman–Crippen MR) is 51.7 cm³/mol. The highest BCUT2D eigenvalue weighted by Gasteiger charge is 2.16. The van der Waals surface area contributed by atoms with Gasteiger partial charge in [0.25, 0.3) is 5.69 Å². The molecular formula is C8H7N3O4. The van der Waals surface area contributed by atoms with E-state index in [1.165, 1.54) is 18.2 Å². The maximum absolute atomic E-state index is 10.6. The first-order valence-electron chi connectivity index (χ1n) is 3.84. The fourth-order valence-corrected chi connectivity index (χ4v) is 1.05. The van der Waals surface area contributed by atoms with Crippen molar-refractivity contribution < 1.29 is 15.3 Å². The highest BCUT2D eigenvalue weighted by atomic mass is 16.6.